The molecule has 0 amide bonds. The molecule has 0 radical (unpaired) electrons. The van der Waals surface area contributed by atoms with Gasteiger partial charge in [-0.15, -0.1) is 6.58 Å². The van der Waals surface area contributed by atoms with Crippen LogP contribution in [-0.2, 0) is 5.41 Å². The maximum atomic E-state index is 5.11. The van der Waals surface area contributed by atoms with E-state index in [-0.39, 0.29) is 17.5 Å². The van der Waals surface area contributed by atoms with E-state index in [9.17, 15) is 0 Å². The number of fused-ring (bicyclic) bond motifs is 5. The fourth-order valence-electron chi connectivity index (χ4n) is 6.89. The Morgan fingerprint density at radius 2 is 1.37 bits per heavy atom. The second kappa shape index (κ2) is 9.97. The zero-order valence-corrected chi connectivity index (χ0v) is 23.6. The summed E-state index contributed by atoms with van der Waals surface area (Å²) in [5.41, 5.74) is 8.05. The number of pyridine rings is 1. The number of hydrogen-bond acceptors (Lipinski definition) is 4. The molecule has 3 heterocycles. The quantitative estimate of drug-likeness (QED) is 0.202. The average Bonchev–Trinajstić information content (AvgIpc) is 3.38. The van der Waals surface area contributed by atoms with E-state index in [1.165, 1.54) is 11.3 Å². The molecule has 4 nitrogen and oxygen atoms in total. The molecule has 0 fully saturated rings. The van der Waals surface area contributed by atoms with Crippen LogP contribution in [0.4, 0.5) is 39.9 Å². The lowest BCUT2D eigenvalue weighted by Crippen LogP contribution is -2.54. The first-order chi connectivity index (χ1) is 20.1. The first-order valence-corrected chi connectivity index (χ1v) is 14.4. The zero-order valence-electron chi connectivity index (χ0n) is 23.6. The van der Waals surface area contributed by atoms with E-state index in [1.54, 1.807) is 0 Å². The Bertz CT molecular complexity index is 1650. The number of aromatic nitrogens is 1. The van der Waals surface area contributed by atoms with Crippen LogP contribution in [0.1, 0.15) is 25.8 Å². The maximum absolute atomic E-state index is 5.11. The molecule has 0 spiro atoms. The van der Waals surface area contributed by atoms with Crippen LogP contribution < -0.4 is 14.7 Å². The van der Waals surface area contributed by atoms with Gasteiger partial charge in [0.2, 0.25) is 0 Å². The molecule has 1 aromatic heterocycles. The largest absolute Gasteiger partial charge is 0.315 e. The van der Waals surface area contributed by atoms with Crippen LogP contribution in [0.25, 0.3) is 0 Å². The van der Waals surface area contributed by atoms with Crippen molar-refractivity contribution in [3.8, 4) is 0 Å². The van der Waals surface area contributed by atoms with Crippen molar-refractivity contribution in [2.45, 2.75) is 31.8 Å². The van der Waals surface area contributed by atoms with Gasteiger partial charge in [0.25, 0.3) is 0 Å². The van der Waals surface area contributed by atoms with Crippen molar-refractivity contribution in [1.29, 1.82) is 0 Å². The van der Waals surface area contributed by atoms with Crippen molar-refractivity contribution >= 4 is 39.9 Å². The van der Waals surface area contributed by atoms with Gasteiger partial charge in [-0.3, -0.25) is 0 Å². The molecule has 0 N–H and O–H groups in total. The number of allylic oxidation sites excluding steroid dienone is 1. The summed E-state index contributed by atoms with van der Waals surface area (Å²) >= 11 is 0. The summed E-state index contributed by atoms with van der Waals surface area (Å²) in [5, 5.41) is 0. The van der Waals surface area contributed by atoms with Gasteiger partial charge in [-0.1, -0.05) is 92.7 Å². The van der Waals surface area contributed by atoms with E-state index in [4.69, 9.17) is 4.98 Å². The topological polar surface area (TPSA) is 22.6 Å². The molecule has 202 valence electrons. The standard InChI is InChI=1S/C37H34N4/c1-4-25-37(3)27(2)36-40(30-20-12-7-13-21-30)34-33(24-26-38-35(34)41(36)32-23-15-14-22-31(32)37)39(28-16-8-5-9-17-28)29-18-10-6-11-19-29/h4-24,26-27,36H,1,25H2,2-3H3. The summed E-state index contributed by atoms with van der Waals surface area (Å²) in [6, 6.07) is 43.0. The van der Waals surface area contributed by atoms with Crippen molar-refractivity contribution in [1.82, 2.24) is 4.98 Å². The molecule has 0 saturated heterocycles. The van der Waals surface area contributed by atoms with E-state index >= 15 is 0 Å². The van der Waals surface area contributed by atoms with Gasteiger partial charge in [0.05, 0.1) is 5.69 Å². The van der Waals surface area contributed by atoms with Gasteiger partial charge < -0.3 is 14.7 Å². The fraction of sp³-hybridized carbons (Fsp3) is 0.162. The Kier molecular flexibility index (Phi) is 6.12. The number of benzene rings is 4. The number of para-hydroxylation sites is 4. The third-order valence-electron chi connectivity index (χ3n) is 8.99. The number of hydrogen-bond donors (Lipinski definition) is 0. The summed E-state index contributed by atoms with van der Waals surface area (Å²) in [6.07, 6.45) is 4.97. The molecule has 41 heavy (non-hydrogen) atoms. The van der Waals surface area contributed by atoms with Crippen molar-refractivity contribution in [3.05, 3.63) is 146 Å². The van der Waals surface area contributed by atoms with E-state index in [0.29, 0.717) is 0 Å². The van der Waals surface area contributed by atoms with E-state index < -0.39 is 0 Å². The molecule has 0 bridgehead atoms. The molecule has 4 aromatic carbocycles. The lowest BCUT2D eigenvalue weighted by Gasteiger charge is -2.51. The number of nitrogens with zero attached hydrogens (tertiary/aromatic N) is 4. The molecule has 7 rings (SSSR count). The first-order valence-electron chi connectivity index (χ1n) is 14.4. The third kappa shape index (κ3) is 3.86. The predicted octanol–water partition coefficient (Wildman–Crippen LogP) is 9.65. The highest BCUT2D eigenvalue weighted by Gasteiger charge is 2.54. The molecule has 2 aliphatic rings. The predicted molar refractivity (Wildman–Crippen MR) is 171 cm³/mol. The summed E-state index contributed by atoms with van der Waals surface area (Å²) in [5.74, 6) is 1.24. The summed E-state index contributed by atoms with van der Waals surface area (Å²) in [7, 11) is 0. The Labute approximate surface area is 242 Å². The van der Waals surface area contributed by atoms with Gasteiger partial charge >= 0.3 is 0 Å². The number of anilines is 7. The van der Waals surface area contributed by atoms with Crippen molar-refractivity contribution in [3.63, 3.8) is 0 Å². The fourth-order valence-corrected chi connectivity index (χ4v) is 6.89. The average molecular weight is 535 g/mol. The Morgan fingerprint density at radius 1 is 0.780 bits per heavy atom. The summed E-state index contributed by atoms with van der Waals surface area (Å²) in [4.78, 5) is 12.5. The lowest BCUT2D eigenvalue weighted by atomic mass is 9.66. The van der Waals surface area contributed by atoms with E-state index in [1.807, 2.05) is 6.20 Å². The number of rotatable bonds is 6. The van der Waals surface area contributed by atoms with Crippen molar-refractivity contribution < 1.29 is 0 Å². The third-order valence-corrected chi connectivity index (χ3v) is 8.99. The highest BCUT2D eigenvalue weighted by Crippen LogP contribution is 2.60. The van der Waals surface area contributed by atoms with Crippen LogP contribution in [0, 0.1) is 5.92 Å². The van der Waals surface area contributed by atoms with Gasteiger partial charge in [-0.2, -0.15) is 0 Å². The molecule has 0 saturated carbocycles. The van der Waals surface area contributed by atoms with Crippen molar-refractivity contribution in [2.24, 2.45) is 5.92 Å². The molecule has 0 aliphatic carbocycles. The maximum Gasteiger partial charge on any atom is 0.161 e. The van der Waals surface area contributed by atoms with Gasteiger partial charge in [0, 0.05) is 40.3 Å². The molecule has 3 atom stereocenters. The second-order valence-electron chi connectivity index (χ2n) is 11.2. The van der Waals surface area contributed by atoms with Gasteiger partial charge in [-0.05, 0) is 60.5 Å². The molecule has 3 unspecified atom stereocenters. The van der Waals surface area contributed by atoms with Crippen molar-refractivity contribution in [2.75, 3.05) is 14.7 Å². The van der Waals surface area contributed by atoms with E-state index in [0.717, 1.165) is 40.7 Å². The SMILES string of the molecule is C=CCC1(C)c2ccccc2N2c3nccc(N(c4ccccc4)c4ccccc4)c3N(c3ccccc3)C2C1C. The van der Waals surface area contributed by atoms with Crippen LogP contribution in [-0.4, -0.2) is 11.1 Å². The van der Waals surface area contributed by atoms with Crippen LogP contribution >= 0.6 is 0 Å². The Balaban J connectivity index is 1.54. The molecule has 4 heteroatoms. The highest BCUT2D eigenvalue weighted by atomic mass is 15.5. The first kappa shape index (κ1) is 25.2. The highest BCUT2D eigenvalue weighted by molar-refractivity contribution is 5.98. The second-order valence-corrected chi connectivity index (χ2v) is 11.2. The molecule has 5 aromatic rings. The monoisotopic (exact) mass is 534 g/mol. The molecular formula is C37H34N4. The zero-order chi connectivity index (χ0) is 28.0. The lowest BCUT2D eigenvalue weighted by molar-refractivity contribution is 0.259. The van der Waals surface area contributed by atoms with Gasteiger partial charge in [0.15, 0.2) is 5.82 Å². The summed E-state index contributed by atoms with van der Waals surface area (Å²) in [6.45, 7) is 8.96. The molecular weight excluding hydrogens is 500 g/mol. The van der Waals surface area contributed by atoms with Gasteiger partial charge in [-0.25, -0.2) is 4.98 Å². The Hall–Kier alpha value is -4.83. The smallest absolute Gasteiger partial charge is 0.161 e. The minimum absolute atomic E-state index is 0.0364. The molecule has 2 aliphatic heterocycles. The Morgan fingerprint density at radius 3 is 2.00 bits per heavy atom. The normalized spacial score (nSPS) is 20.6. The van der Waals surface area contributed by atoms with Crippen LogP contribution in [0.3, 0.4) is 0 Å². The summed E-state index contributed by atoms with van der Waals surface area (Å²) < 4.78 is 0. The van der Waals surface area contributed by atoms with Crippen LogP contribution in [0.15, 0.2) is 140 Å². The van der Waals surface area contributed by atoms with E-state index in [2.05, 4.69) is 163 Å². The van der Waals surface area contributed by atoms with Gasteiger partial charge in [0.1, 0.15) is 11.9 Å². The van der Waals surface area contributed by atoms with Crippen LogP contribution in [0.2, 0.25) is 0 Å². The minimum Gasteiger partial charge on any atom is -0.315 e. The van der Waals surface area contributed by atoms with Crippen LogP contribution in [0.5, 0.6) is 0 Å². The minimum atomic E-state index is -0.0900.